The van der Waals surface area contributed by atoms with Crippen molar-refractivity contribution in [3.63, 3.8) is 0 Å². The Morgan fingerprint density at radius 1 is 1.26 bits per heavy atom. The van der Waals surface area contributed by atoms with E-state index >= 15 is 0 Å². The molecule has 1 saturated heterocycles. The first-order valence-electron chi connectivity index (χ1n) is 9.91. The van der Waals surface area contributed by atoms with Crippen LogP contribution in [0.4, 0.5) is 0 Å². The first-order valence-corrected chi connectivity index (χ1v) is 10.3. The average Bonchev–Trinajstić information content (AvgIpc) is 3.44. The van der Waals surface area contributed by atoms with Gasteiger partial charge >= 0.3 is 0 Å². The zero-order valence-corrected chi connectivity index (χ0v) is 16.3. The van der Waals surface area contributed by atoms with E-state index in [2.05, 4.69) is 21.2 Å². The highest BCUT2D eigenvalue weighted by atomic mass is 35.5. The van der Waals surface area contributed by atoms with Crippen molar-refractivity contribution < 1.29 is 9.53 Å². The number of hydrogen-bond acceptors (Lipinski definition) is 3. The Bertz CT molecular complexity index is 785. The molecule has 0 radical (unpaired) electrons. The van der Waals surface area contributed by atoms with Crippen LogP contribution < -0.4 is 4.74 Å². The van der Waals surface area contributed by atoms with Crippen LogP contribution in [0.15, 0.2) is 30.3 Å². The summed E-state index contributed by atoms with van der Waals surface area (Å²) in [4.78, 5) is 14.7. The third-order valence-corrected chi connectivity index (χ3v) is 6.05. The molecule has 6 heteroatoms. The first-order chi connectivity index (χ1) is 13.2. The molecule has 1 N–H and O–H groups in total. The number of aromatic nitrogens is 2. The minimum Gasteiger partial charge on any atom is -0.492 e. The summed E-state index contributed by atoms with van der Waals surface area (Å²) in [5.74, 6) is 1.67. The van der Waals surface area contributed by atoms with Gasteiger partial charge in [-0.15, -0.1) is 0 Å². The Morgan fingerprint density at radius 2 is 2.07 bits per heavy atom. The third-order valence-electron chi connectivity index (χ3n) is 5.74. The number of nitrogens with one attached hydrogen (secondary N) is 1. The second-order valence-electron chi connectivity index (χ2n) is 7.60. The predicted molar refractivity (Wildman–Crippen MR) is 105 cm³/mol. The number of carbonyl (C=O) groups excluding carboxylic acids is 1. The van der Waals surface area contributed by atoms with Gasteiger partial charge in [0.1, 0.15) is 5.75 Å². The molecule has 5 nitrogen and oxygen atoms in total. The Hall–Kier alpha value is -2.01. The van der Waals surface area contributed by atoms with E-state index in [1.165, 1.54) is 12.8 Å². The van der Waals surface area contributed by atoms with Crippen LogP contribution in [0.5, 0.6) is 5.75 Å². The number of nitrogens with zero attached hydrogens (tertiary/aromatic N) is 2. The highest BCUT2D eigenvalue weighted by molar-refractivity contribution is 6.32. The molecule has 1 saturated carbocycles. The second-order valence-corrected chi connectivity index (χ2v) is 8.01. The van der Waals surface area contributed by atoms with Crippen LogP contribution in [0.2, 0.25) is 5.02 Å². The standard InChI is InChI=1S/C21H26ClN3O2/c22-18-7-3-4-8-20(18)27-12-10-17-13-19(24-23-17)16-9-11-25(14-16)21(26)15-5-1-2-6-15/h3-4,7-8,13,15-16H,1-2,5-6,9-12,14H2,(H,23,24)/t16-/m0/s1. The summed E-state index contributed by atoms with van der Waals surface area (Å²) in [6.07, 6.45) is 6.28. The van der Waals surface area contributed by atoms with Gasteiger partial charge in [-0.05, 0) is 37.5 Å². The summed E-state index contributed by atoms with van der Waals surface area (Å²) in [7, 11) is 0. The number of aromatic amines is 1. The fourth-order valence-corrected chi connectivity index (χ4v) is 4.37. The van der Waals surface area contributed by atoms with Gasteiger partial charge in [-0.3, -0.25) is 9.89 Å². The van der Waals surface area contributed by atoms with Gasteiger partial charge in [0.05, 0.1) is 17.3 Å². The molecule has 1 aromatic carbocycles. The number of para-hydroxylation sites is 1. The Labute approximate surface area is 165 Å². The molecular weight excluding hydrogens is 362 g/mol. The zero-order valence-electron chi connectivity index (χ0n) is 15.5. The smallest absolute Gasteiger partial charge is 0.225 e. The molecule has 1 aromatic heterocycles. The summed E-state index contributed by atoms with van der Waals surface area (Å²) < 4.78 is 5.75. The van der Waals surface area contributed by atoms with Crippen molar-refractivity contribution in [2.75, 3.05) is 19.7 Å². The topological polar surface area (TPSA) is 58.2 Å². The summed E-state index contributed by atoms with van der Waals surface area (Å²) in [5, 5.41) is 8.23. The fourth-order valence-electron chi connectivity index (χ4n) is 4.18. The van der Waals surface area contributed by atoms with Gasteiger partial charge in [0.2, 0.25) is 5.91 Å². The summed E-state index contributed by atoms with van der Waals surface area (Å²) in [5.41, 5.74) is 2.11. The normalized spacial score (nSPS) is 20.3. The molecular formula is C21H26ClN3O2. The Kier molecular flexibility index (Phi) is 5.67. The molecule has 0 spiro atoms. The lowest BCUT2D eigenvalue weighted by Crippen LogP contribution is -2.33. The molecule has 1 aliphatic heterocycles. The highest BCUT2D eigenvalue weighted by Crippen LogP contribution is 2.32. The van der Waals surface area contributed by atoms with Crippen LogP contribution in [-0.4, -0.2) is 40.7 Å². The fraction of sp³-hybridized carbons (Fsp3) is 0.524. The van der Waals surface area contributed by atoms with E-state index in [1.807, 2.05) is 24.3 Å². The lowest BCUT2D eigenvalue weighted by atomic mass is 10.0. The summed E-state index contributed by atoms with van der Waals surface area (Å²) >= 11 is 6.11. The number of ether oxygens (including phenoxy) is 1. The van der Waals surface area contributed by atoms with Crippen molar-refractivity contribution in [1.82, 2.24) is 15.1 Å². The maximum atomic E-state index is 12.6. The minimum absolute atomic E-state index is 0.264. The van der Waals surface area contributed by atoms with Gasteiger partial charge in [-0.2, -0.15) is 5.10 Å². The van der Waals surface area contributed by atoms with Crippen molar-refractivity contribution in [2.24, 2.45) is 5.92 Å². The van der Waals surface area contributed by atoms with E-state index in [0.717, 1.165) is 50.2 Å². The third kappa shape index (κ3) is 4.29. The van der Waals surface area contributed by atoms with Gasteiger partial charge in [0.15, 0.2) is 0 Å². The van der Waals surface area contributed by atoms with Crippen molar-refractivity contribution in [3.8, 4) is 5.75 Å². The van der Waals surface area contributed by atoms with Crippen LogP contribution in [0.3, 0.4) is 0 Å². The maximum absolute atomic E-state index is 12.6. The van der Waals surface area contributed by atoms with Crippen molar-refractivity contribution in [2.45, 2.75) is 44.4 Å². The number of amides is 1. The monoisotopic (exact) mass is 387 g/mol. The van der Waals surface area contributed by atoms with Gasteiger partial charge in [-0.1, -0.05) is 36.6 Å². The molecule has 0 bridgehead atoms. The molecule has 1 amide bonds. The Balaban J connectivity index is 1.28. The molecule has 1 atom stereocenters. The van der Waals surface area contributed by atoms with Crippen LogP contribution in [0.1, 0.15) is 49.4 Å². The molecule has 144 valence electrons. The van der Waals surface area contributed by atoms with E-state index in [0.29, 0.717) is 29.2 Å². The maximum Gasteiger partial charge on any atom is 0.225 e. The SMILES string of the molecule is O=C(C1CCCC1)N1CC[C@H](c2cc(CCOc3ccccc3Cl)[nH]n2)C1. The molecule has 2 aromatic rings. The van der Waals surface area contributed by atoms with E-state index in [-0.39, 0.29) is 5.92 Å². The molecule has 1 aliphatic carbocycles. The predicted octanol–water partition coefficient (Wildman–Crippen LogP) is 4.19. The number of benzene rings is 1. The largest absolute Gasteiger partial charge is 0.492 e. The molecule has 4 rings (SSSR count). The van der Waals surface area contributed by atoms with Gasteiger partial charge < -0.3 is 9.64 Å². The van der Waals surface area contributed by atoms with E-state index in [1.54, 1.807) is 0 Å². The molecule has 0 unspecified atom stereocenters. The van der Waals surface area contributed by atoms with Gasteiger partial charge in [0.25, 0.3) is 0 Å². The number of likely N-dealkylation sites (tertiary alicyclic amines) is 1. The number of carbonyl (C=O) groups is 1. The average molecular weight is 388 g/mol. The molecule has 2 heterocycles. The summed E-state index contributed by atoms with van der Waals surface area (Å²) in [6.45, 7) is 2.20. The lowest BCUT2D eigenvalue weighted by molar-refractivity contribution is -0.134. The Morgan fingerprint density at radius 3 is 2.89 bits per heavy atom. The molecule has 2 aliphatic rings. The van der Waals surface area contributed by atoms with Crippen molar-refractivity contribution in [1.29, 1.82) is 0 Å². The van der Waals surface area contributed by atoms with E-state index in [9.17, 15) is 4.79 Å². The van der Waals surface area contributed by atoms with Gasteiger partial charge in [-0.25, -0.2) is 0 Å². The van der Waals surface area contributed by atoms with E-state index < -0.39 is 0 Å². The number of rotatable bonds is 6. The van der Waals surface area contributed by atoms with Crippen molar-refractivity contribution >= 4 is 17.5 Å². The van der Waals surface area contributed by atoms with E-state index in [4.69, 9.17) is 16.3 Å². The number of halogens is 1. The lowest BCUT2D eigenvalue weighted by Gasteiger charge is -2.20. The second kappa shape index (κ2) is 8.34. The number of H-pyrrole nitrogens is 1. The first kappa shape index (κ1) is 18.4. The van der Waals surface area contributed by atoms with Crippen LogP contribution in [0.25, 0.3) is 0 Å². The molecule has 27 heavy (non-hydrogen) atoms. The van der Waals surface area contributed by atoms with Crippen LogP contribution in [0, 0.1) is 5.92 Å². The van der Waals surface area contributed by atoms with Crippen LogP contribution in [-0.2, 0) is 11.2 Å². The summed E-state index contributed by atoms with van der Waals surface area (Å²) in [6, 6.07) is 9.61. The van der Waals surface area contributed by atoms with Crippen molar-refractivity contribution in [3.05, 3.63) is 46.7 Å². The van der Waals surface area contributed by atoms with Gasteiger partial charge in [0, 0.05) is 37.0 Å². The zero-order chi connectivity index (χ0) is 18.6. The quantitative estimate of drug-likeness (QED) is 0.808. The highest BCUT2D eigenvalue weighted by Gasteiger charge is 2.33. The number of hydrogen-bond donors (Lipinski definition) is 1. The van der Waals surface area contributed by atoms with Crippen LogP contribution >= 0.6 is 11.6 Å². The minimum atomic E-state index is 0.264. The molecule has 2 fully saturated rings.